The number of carbonyl (C=O) groups excluding carboxylic acids is 2. The largest absolute Gasteiger partial charge is 0.416 e. The highest BCUT2D eigenvalue weighted by Gasteiger charge is 2.31. The Balaban J connectivity index is 1.56. The fraction of sp³-hybridized carbons (Fsp3) is 0.290. The molecule has 0 bridgehead atoms. The standard InChI is InChI=1S/C31H29F6N3O3/c1-43-17-16-40(29(42)22-8-12-25(13-9-22)31(35,36)37)20-28(41)39(19-21-6-10-24(11-7-21)30(32,33)34)15-14-23-18-38-27-5-3-2-4-26(23)27/h2-13,18,38H,14-17,19-20H2,1H3. The third-order valence-electron chi connectivity index (χ3n) is 6.97. The van der Waals surface area contributed by atoms with E-state index in [0.29, 0.717) is 12.0 Å². The number of fused-ring (bicyclic) bond motifs is 1. The number of carbonyl (C=O) groups is 2. The second-order valence-electron chi connectivity index (χ2n) is 9.91. The summed E-state index contributed by atoms with van der Waals surface area (Å²) in [6.45, 7) is -0.204. The lowest BCUT2D eigenvalue weighted by molar-refractivity contribution is -0.138. The number of halogens is 6. The van der Waals surface area contributed by atoms with E-state index >= 15 is 0 Å². The van der Waals surface area contributed by atoms with Crippen LogP contribution in [0.3, 0.4) is 0 Å². The van der Waals surface area contributed by atoms with E-state index in [4.69, 9.17) is 4.74 Å². The first-order valence-electron chi connectivity index (χ1n) is 13.3. The van der Waals surface area contributed by atoms with Crippen LogP contribution >= 0.6 is 0 Å². The van der Waals surface area contributed by atoms with Crippen molar-refractivity contribution in [2.24, 2.45) is 0 Å². The Bertz CT molecular complexity index is 1530. The molecule has 0 saturated carbocycles. The number of rotatable bonds is 11. The molecule has 0 aliphatic rings. The lowest BCUT2D eigenvalue weighted by atomic mass is 10.1. The highest BCUT2D eigenvalue weighted by atomic mass is 19.4. The van der Waals surface area contributed by atoms with Crippen molar-refractivity contribution < 1.29 is 40.7 Å². The molecule has 4 rings (SSSR count). The summed E-state index contributed by atoms with van der Waals surface area (Å²) in [6, 6.07) is 15.8. The predicted molar refractivity (Wildman–Crippen MR) is 148 cm³/mol. The van der Waals surface area contributed by atoms with Crippen molar-refractivity contribution in [2.45, 2.75) is 25.3 Å². The van der Waals surface area contributed by atoms with E-state index in [1.807, 2.05) is 30.5 Å². The molecule has 1 heterocycles. The molecule has 0 aliphatic heterocycles. The average Bonchev–Trinajstić information content (AvgIpc) is 3.39. The molecule has 4 aromatic rings. The van der Waals surface area contributed by atoms with Crippen LogP contribution in [0.15, 0.2) is 79.0 Å². The molecule has 0 aliphatic carbocycles. The van der Waals surface area contributed by atoms with Gasteiger partial charge in [0, 0.05) is 49.4 Å². The van der Waals surface area contributed by atoms with Gasteiger partial charge in [0.1, 0.15) is 6.54 Å². The summed E-state index contributed by atoms with van der Waals surface area (Å²) in [5.41, 5.74) is 0.524. The lowest BCUT2D eigenvalue weighted by Gasteiger charge is -2.28. The number of benzene rings is 3. The summed E-state index contributed by atoms with van der Waals surface area (Å²) < 4.78 is 83.4. The number of amides is 2. The fourth-order valence-corrected chi connectivity index (χ4v) is 4.61. The summed E-state index contributed by atoms with van der Waals surface area (Å²) >= 11 is 0. The number of aromatic amines is 1. The first kappa shape index (κ1) is 31.6. The zero-order valence-corrected chi connectivity index (χ0v) is 23.1. The molecule has 6 nitrogen and oxygen atoms in total. The first-order valence-corrected chi connectivity index (χ1v) is 13.3. The van der Waals surface area contributed by atoms with Crippen molar-refractivity contribution in [1.29, 1.82) is 0 Å². The smallest absolute Gasteiger partial charge is 0.383 e. The average molecular weight is 606 g/mol. The lowest BCUT2D eigenvalue weighted by Crippen LogP contribution is -2.44. The number of para-hydroxylation sites is 1. The molecule has 3 aromatic carbocycles. The van der Waals surface area contributed by atoms with Crippen LogP contribution in [0.4, 0.5) is 26.3 Å². The summed E-state index contributed by atoms with van der Waals surface area (Å²) in [4.78, 5) is 32.7. The van der Waals surface area contributed by atoms with Gasteiger partial charge in [-0.2, -0.15) is 26.3 Å². The quantitative estimate of drug-likeness (QED) is 0.197. The van der Waals surface area contributed by atoms with E-state index in [0.717, 1.165) is 52.9 Å². The Labute approximate surface area is 243 Å². The van der Waals surface area contributed by atoms with Gasteiger partial charge in [-0.3, -0.25) is 9.59 Å². The molecule has 0 saturated heterocycles. The molecular weight excluding hydrogens is 576 g/mol. The highest BCUT2D eigenvalue weighted by Crippen LogP contribution is 2.30. The van der Waals surface area contributed by atoms with Crippen molar-refractivity contribution in [3.63, 3.8) is 0 Å². The van der Waals surface area contributed by atoms with Crippen LogP contribution in [0, 0.1) is 0 Å². The van der Waals surface area contributed by atoms with Crippen molar-refractivity contribution in [2.75, 3.05) is 33.4 Å². The third kappa shape index (κ3) is 8.16. The Morgan fingerprint density at radius 2 is 1.40 bits per heavy atom. The highest BCUT2D eigenvalue weighted by molar-refractivity contribution is 5.96. The van der Waals surface area contributed by atoms with E-state index in [1.54, 1.807) is 0 Å². The molecule has 0 spiro atoms. The van der Waals surface area contributed by atoms with Crippen LogP contribution in [0.25, 0.3) is 10.9 Å². The maximum atomic E-state index is 13.6. The Morgan fingerprint density at radius 1 is 0.791 bits per heavy atom. The maximum absolute atomic E-state index is 13.6. The third-order valence-corrected chi connectivity index (χ3v) is 6.97. The summed E-state index contributed by atoms with van der Waals surface area (Å²) in [5.74, 6) is -1.15. The van der Waals surface area contributed by atoms with Gasteiger partial charge in [-0.05, 0) is 60.0 Å². The first-order chi connectivity index (χ1) is 20.4. The number of hydrogen-bond acceptors (Lipinski definition) is 3. The van der Waals surface area contributed by atoms with Crippen LogP contribution in [-0.4, -0.2) is 59.9 Å². The fourth-order valence-electron chi connectivity index (χ4n) is 4.61. The minimum atomic E-state index is -4.57. The minimum Gasteiger partial charge on any atom is -0.383 e. The maximum Gasteiger partial charge on any atom is 0.416 e. The molecule has 12 heteroatoms. The van der Waals surface area contributed by atoms with Crippen molar-refractivity contribution in [1.82, 2.24) is 14.8 Å². The van der Waals surface area contributed by atoms with Gasteiger partial charge in [-0.15, -0.1) is 0 Å². The minimum absolute atomic E-state index is 0.0152. The number of H-pyrrole nitrogens is 1. The van der Waals surface area contributed by atoms with Crippen LogP contribution in [0.1, 0.15) is 32.6 Å². The number of ether oxygens (including phenoxy) is 1. The van der Waals surface area contributed by atoms with Gasteiger partial charge >= 0.3 is 12.4 Å². The molecule has 0 radical (unpaired) electrons. The Kier molecular flexibility index (Phi) is 9.80. The van der Waals surface area contributed by atoms with Crippen LogP contribution < -0.4 is 0 Å². The summed E-state index contributed by atoms with van der Waals surface area (Å²) in [5, 5.41) is 0.962. The Morgan fingerprint density at radius 3 is 2.00 bits per heavy atom. The van der Waals surface area contributed by atoms with E-state index in [1.165, 1.54) is 29.0 Å². The number of nitrogens with one attached hydrogen (secondary N) is 1. The molecule has 2 amide bonds. The van der Waals surface area contributed by atoms with Crippen molar-refractivity contribution >= 4 is 22.7 Å². The second-order valence-corrected chi connectivity index (χ2v) is 9.91. The molecular formula is C31H29F6N3O3. The molecule has 0 atom stereocenters. The van der Waals surface area contributed by atoms with Gasteiger partial charge in [0.25, 0.3) is 5.91 Å². The van der Waals surface area contributed by atoms with Crippen molar-refractivity contribution in [3.8, 4) is 0 Å². The van der Waals surface area contributed by atoms with Crippen LogP contribution in [0.2, 0.25) is 0 Å². The number of nitrogens with zero attached hydrogens (tertiary/aromatic N) is 2. The molecule has 1 N–H and O–H groups in total. The predicted octanol–water partition coefficient (Wildman–Crippen LogP) is 6.57. The molecule has 1 aromatic heterocycles. The van der Waals surface area contributed by atoms with Gasteiger partial charge in [-0.25, -0.2) is 0 Å². The number of methoxy groups -OCH3 is 1. The summed E-state index contributed by atoms with van der Waals surface area (Å²) in [7, 11) is 1.40. The SMILES string of the molecule is COCCN(CC(=O)N(CCc1c[nH]c2ccccc12)Cc1ccc(C(F)(F)F)cc1)C(=O)c1ccc(C(F)(F)F)cc1. The molecule has 228 valence electrons. The number of hydrogen-bond donors (Lipinski definition) is 1. The van der Waals surface area contributed by atoms with Crippen LogP contribution in [0.5, 0.6) is 0 Å². The molecule has 43 heavy (non-hydrogen) atoms. The zero-order valence-electron chi connectivity index (χ0n) is 23.1. The van der Waals surface area contributed by atoms with E-state index < -0.39 is 41.8 Å². The van der Waals surface area contributed by atoms with Crippen LogP contribution in [-0.2, 0) is 34.8 Å². The Hall–Kier alpha value is -4.32. The van der Waals surface area contributed by atoms with Gasteiger partial charge in [0.2, 0.25) is 5.91 Å². The van der Waals surface area contributed by atoms with Gasteiger partial charge in [-0.1, -0.05) is 30.3 Å². The number of aromatic nitrogens is 1. The summed E-state index contributed by atoms with van der Waals surface area (Å²) in [6.07, 6.45) is -6.84. The van der Waals surface area contributed by atoms with Gasteiger partial charge in [0.05, 0.1) is 17.7 Å². The second kappa shape index (κ2) is 13.3. The van der Waals surface area contributed by atoms with Gasteiger partial charge < -0.3 is 19.5 Å². The van der Waals surface area contributed by atoms with E-state index in [-0.39, 0.29) is 31.8 Å². The van der Waals surface area contributed by atoms with Crippen molar-refractivity contribution in [3.05, 3.63) is 107 Å². The molecule has 0 unspecified atom stereocenters. The zero-order chi connectivity index (χ0) is 31.2. The van der Waals surface area contributed by atoms with Gasteiger partial charge in [0.15, 0.2) is 0 Å². The van der Waals surface area contributed by atoms with E-state index in [9.17, 15) is 35.9 Å². The normalized spacial score (nSPS) is 12.0. The number of alkyl halides is 6. The van der Waals surface area contributed by atoms with E-state index in [2.05, 4.69) is 4.98 Å². The molecule has 0 fully saturated rings. The topological polar surface area (TPSA) is 65.6 Å². The monoisotopic (exact) mass is 605 g/mol.